The van der Waals surface area contributed by atoms with E-state index >= 15 is 0 Å². The predicted molar refractivity (Wildman–Crippen MR) is 56.9 cm³/mol. The van der Waals surface area contributed by atoms with Crippen LogP contribution in [0.3, 0.4) is 0 Å². The maximum absolute atomic E-state index is 12.3. The third-order valence-electron chi connectivity index (χ3n) is 2.00. The average molecular weight is 244 g/mol. The Morgan fingerprint density at radius 3 is 2.41 bits per heavy atom. The Morgan fingerprint density at radius 2 is 2.06 bits per heavy atom. The fraction of sp³-hybridized carbons (Fsp3) is 0.364. The number of aromatic nitrogens is 1. The first-order valence-electron chi connectivity index (χ1n) is 4.77. The molecule has 1 rings (SSSR count). The van der Waals surface area contributed by atoms with Crippen LogP contribution in [0.4, 0.5) is 13.2 Å². The summed E-state index contributed by atoms with van der Waals surface area (Å²) in [4.78, 5) is 15.7. The average Bonchev–Trinajstić information content (AvgIpc) is 2.24. The van der Waals surface area contributed by atoms with E-state index in [0.29, 0.717) is 12.1 Å². The van der Waals surface area contributed by atoms with Gasteiger partial charge < -0.3 is 4.90 Å². The van der Waals surface area contributed by atoms with Crippen LogP contribution in [-0.2, 0) is 11.0 Å². The van der Waals surface area contributed by atoms with Crippen LogP contribution in [0, 0.1) is 0 Å². The van der Waals surface area contributed by atoms with Gasteiger partial charge in [0.15, 0.2) is 0 Å². The summed E-state index contributed by atoms with van der Waals surface area (Å²) in [5.74, 6) is 1.71. The minimum Gasteiger partial charge on any atom is -0.304 e. The topological polar surface area (TPSA) is 33.2 Å². The molecule has 0 amide bonds. The molecule has 1 aromatic rings. The standard InChI is InChI=1S/C11H11F3N2O/c1-16(2)6-9(7-17)8-3-4-10(15-5-8)11(12,13)14/h3-5H,6H2,1-2H3. The van der Waals surface area contributed by atoms with Crippen LogP contribution in [0.5, 0.6) is 0 Å². The molecule has 0 unspecified atom stereocenters. The first-order valence-corrected chi connectivity index (χ1v) is 4.77. The molecule has 0 saturated carbocycles. The highest BCUT2D eigenvalue weighted by atomic mass is 19.4. The van der Waals surface area contributed by atoms with Gasteiger partial charge in [0.2, 0.25) is 0 Å². The van der Waals surface area contributed by atoms with Crippen LogP contribution in [0.1, 0.15) is 11.3 Å². The van der Waals surface area contributed by atoms with Crippen molar-refractivity contribution >= 4 is 11.5 Å². The summed E-state index contributed by atoms with van der Waals surface area (Å²) in [5, 5.41) is 0. The van der Waals surface area contributed by atoms with Crippen molar-refractivity contribution in [2.45, 2.75) is 6.18 Å². The van der Waals surface area contributed by atoms with Crippen LogP contribution in [0.15, 0.2) is 18.3 Å². The van der Waals surface area contributed by atoms with E-state index in [-0.39, 0.29) is 5.57 Å². The molecule has 0 aliphatic heterocycles. The Kier molecular flexibility index (Phi) is 4.04. The highest BCUT2D eigenvalue weighted by molar-refractivity contribution is 5.88. The normalized spacial score (nSPS) is 11.4. The number of hydrogen-bond acceptors (Lipinski definition) is 3. The van der Waals surface area contributed by atoms with E-state index in [2.05, 4.69) is 4.98 Å². The molecular formula is C11H11F3N2O. The summed E-state index contributed by atoms with van der Waals surface area (Å²) < 4.78 is 36.8. The van der Waals surface area contributed by atoms with Gasteiger partial charge in [0.1, 0.15) is 11.6 Å². The SMILES string of the molecule is CN(C)CC(=C=O)c1ccc(C(F)(F)F)nc1. The molecule has 0 bridgehead atoms. The molecule has 92 valence electrons. The highest BCUT2D eigenvalue weighted by Crippen LogP contribution is 2.27. The fourth-order valence-electron chi connectivity index (χ4n) is 1.24. The molecule has 0 N–H and O–H groups in total. The molecule has 0 aromatic carbocycles. The number of halogens is 3. The molecule has 0 radical (unpaired) electrons. The smallest absolute Gasteiger partial charge is 0.304 e. The minimum absolute atomic E-state index is 0.274. The molecule has 3 nitrogen and oxygen atoms in total. The highest BCUT2D eigenvalue weighted by Gasteiger charge is 2.32. The van der Waals surface area contributed by atoms with Gasteiger partial charge in [-0.25, -0.2) is 4.79 Å². The maximum Gasteiger partial charge on any atom is 0.433 e. The number of hydrogen-bond donors (Lipinski definition) is 0. The van der Waals surface area contributed by atoms with Gasteiger partial charge in [0, 0.05) is 18.3 Å². The lowest BCUT2D eigenvalue weighted by atomic mass is 10.1. The van der Waals surface area contributed by atoms with Gasteiger partial charge in [-0.05, 0) is 20.2 Å². The van der Waals surface area contributed by atoms with Crippen molar-refractivity contribution in [3.05, 3.63) is 29.6 Å². The van der Waals surface area contributed by atoms with Crippen molar-refractivity contribution in [3.63, 3.8) is 0 Å². The second-order valence-electron chi connectivity index (χ2n) is 3.75. The Labute approximate surface area is 96.6 Å². The molecule has 0 saturated heterocycles. The van der Waals surface area contributed by atoms with Gasteiger partial charge >= 0.3 is 6.18 Å². The van der Waals surface area contributed by atoms with Gasteiger partial charge in [-0.2, -0.15) is 13.2 Å². The summed E-state index contributed by atoms with van der Waals surface area (Å²) in [7, 11) is 3.49. The Bertz CT molecular complexity index is 431. The molecule has 0 atom stereocenters. The second-order valence-corrected chi connectivity index (χ2v) is 3.75. The van der Waals surface area contributed by atoms with E-state index in [9.17, 15) is 18.0 Å². The number of pyridine rings is 1. The lowest BCUT2D eigenvalue weighted by Crippen LogP contribution is -2.15. The first kappa shape index (κ1) is 13.4. The first-order chi connectivity index (χ1) is 7.84. The largest absolute Gasteiger partial charge is 0.433 e. The van der Waals surface area contributed by atoms with E-state index in [1.807, 2.05) is 0 Å². The summed E-state index contributed by atoms with van der Waals surface area (Å²) in [6, 6.07) is 2.07. The van der Waals surface area contributed by atoms with Crippen molar-refractivity contribution < 1.29 is 18.0 Å². The zero-order chi connectivity index (χ0) is 13.1. The molecule has 0 spiro atoms. The molecule has 1 heterocycles. The number of likely N-dealkylation sites (N-methyl/N-ethyl adjacent to an activating group) is 1. The van der Waals surface area contributed by atoms with Crippen LogP contribution >= 0.6 is 0 Å². The zero-order valence-corrected chi connectivity index (χ0v) is 9.38. The number of rotatable bonds is 3. The number of carbonyl (C=O) groups excluding carboxylic acids is 1. The van der Waals surface area contributed by atoms with Crippen LogP contribution in [0.25, 0.3) is 5.57 Å². The summed E-state index contributed by atoms with van der Waals surface area (Å²) in [6.07, 6.45) is -3.43. The Balaban J connectivity index is 2.98. The van der Waals surface area contributed by atoms with Crippen LogP contribution < -0.4 is 0 Å². The van der Waals surface area contributed by atoms with Gasteiger partial charge in [0.25, 0.3) is 0 Å². The van der Waals surface area contributed by atoms with Crippen molar-refractivity contribution in [3.8, 4) is 0 Å². The van der Waals surface area contributed by atoms with Gasteiger partial charge in [-0.3, -0.25) is 4.98 Å². The van der Waals surface area contributed by atoms with Gasteiger partial charge in [-0.15, -0.1) is 0 Å². The van der Waals surface area contributed by atoms with Gasteiger partial charge in [0.05, 0.1) is 5.57 Å². The molecule has 0 fully saturated rings. The van der Waals surface area contributed by atoms with Crippen LogP contribution in [-0.4, -0.2) is 36.5 Å². The fourth-order valence-corrected chi connectivity index (χ4v) is 1.24. The van der Waals surface area contributed by atoms with Crippen molar-refractivity contribution in [1.29, 1.82) is 0 Å². The number of alkyl halides is 3. The maximum atomic E-state index is 12.3. The van der Waals surface area contributed by atoms with Crippen LogP contribution in [0.2, 0.25) is 0 Å². The molecule has 0 aliphatic carbocycles. The molecule has 17 heavy (non-hydrogen) atoms. The quantitative estimate of drug-likeness (QED) is 0.761. The second kappa shape index (κ2) is 5.12. The van der Waals surface area contributed by atoms with Crippen molar-refractivity contribution in [2.24, 2.45) is 0 Å². The number of nitrogens with zero attached hydrogens (tertiary/aromatic N) is 2. The monoisotopic (exact) mass is 244 g/mol. The van der Waals surface area contributed by atoms with E-state index < -0.39 is 11.9 Å². The lowest BCUT2D eigenvalue weighted by Gasteiger charge is -2.11. The summed E-state index contributed by atoms with van der Waals surface area (Å²) in [5.41, 5.74) is -0.353. The Hall–Kier alpha value is -1.65. The minimum atomic E-state index is -4.47. The molecule has 0 aliphatic rings. The summed E-state index contributed by atoms with van der Waals surface area (Å²) in [6.45, 7) is 0.302. The lowest BCUT2D eigenvalue weighted by molar-refractivity contribution is -0.141. The van der Waals surface area contributed by atoms with Crippen molar-refractivity contribution in [2.75, 3.05) is 20.6 Å². The van der Waals surface area contributed by atoms with Gasteiger partial charge in [-0.1, -0.05) is 6.07 Å². The predicted octanol–water partition coefficient (Wildman–Crippen LogP) is 1.88. The zero-order valence-electron chi connectivity index (χ0n) is 9.38. The molecular weight excluding hydrogens is 233 g/mol. The third-order valence-corrected chi connectivity index (χ3v) is 2.00. The third kappa shape index (κ3) is 3.69. The van der Waals surface area contributed by atoms with E-state index in [4.69, 9.17) is 0 Å². The van der Waals surface area contributed by atoms with E-state index in [0.717, 1.165) is 12.3 Å². The summed E-state index contributed by atoms with van der Waals surface area (Å²) >= 11 is 0. The Morgan fingerprint density at radius 1 is 1.41 bits per heavy atom. The van der Waals surface area contributed by atoms with E-state index in [1.54, 1.807) is 24.9 Å². The molecule has 1 aromatic heterocycles. The van der Waals surface area contributed by atoms with Crippen molar-refractivity contribution in [1.82, 2.24) is 9.88 Å². The van der Waals surface area contributed by atoms with E-state index in [1.165, 1.54) is 6.07 Å². The molecule has 6 heteroatoms.